The predicted molar refractivity (Wildman–Crippen MR) is 106 cm³/mol. The van der Waals surface area contributed by atoms with Crippen molar-refractivity contribution in [3.8, 4) is 11.4 Å². The van der Waals surface area contributed by atoms with Crippen LogP contribution >= 0.6 is 0 Å². The third-order valence-corrected chi connectivity index (χ3v) is 4.62. The number of methoxy groups -OCH3 is 1. The van der Waals surface area contributed by atoms with Crippen molar-refractivity contribution in [2.75, 3.05) is 19.0 Å². The summed E-state index contributed by atoms with van der Waals surface area (Å²) in [6, 6.07) is 15.2. The molecule has 152 valence electrons. The zero-order valence-electron chi connectivity index (χ0n) is 15.9. The van der Waals surface area contributed by atoms with Gasteiger partial charge in [0.15, 0.2) is 11.5 Å². The van der Waals surface area contributed by atoms with E-state index in [9.17, 15) is 13.6 Å². The minimum atomic E-state index is -0.667. The zero-order chi connectivity index (χ0) is 21.1. The van der Waals surface area contributed by atoms with Gasteiger partial charge in [0.25, 0.3) is 0 Å². The zero-order valence-corrected chi connectivity index (χ0v) is 15.9. The third kappa shape index (κ3) is 3.82. The van der Waals surface area contributed by atoms with Gasteiger partial charge in [-0.2, -0.15) is 4.52 Å². The van der Waals surface area contributed by atoms with Gasteiger partial charge in [0.2, 0.25) is 0 Å². The number of hydrogen-bond acceptors (Lipinski definition) is 6. The molecule has 0 aliphatic heterocycles. The first-order chi connectivity index (χ1) is 14.6. The number of carbonyl (C=O) groups is 1. The standard InChI is InChI=1S/C21H17F2N5O2/c1-30-21(29)16(13-6-8-14(22)9-7-13)12-24-18-10-11-19-25-26-20(28(19)27-18)15-4-2-3-5-17(15)23/h2-11,16H,12H2,1H3,(H,24,27). The highest BCUT2D eigenvalue weighted by atomic mass is 19.1. The lowest BCUT2D eigenvalue weighted by molar-refractivity contribution is -0.142. The van der Waals surface area contributed by atoms with Crippen LogP contribution in [0.15, 0.2) is 60.7 Å². The molecule has 7 nitrogen and oxygen atoms in total. The van der Waals surface area contributed by atoms with E-state index in [0.717, 1.165) is 0 Å². The van der Waals surface area contributed by atoms with Gasteiger partial charge in [-0.3, -0.25) is 4.79 Å². The van der Waals surface area contributed by atoms with E-state index in [0.29, 0.717) is 17.0 Å². The highest BCUT2D eigenvalue weighted by molar-refractivity contribution is 5.78. The van der Waals surface area contributed by atoms with Crippen LogP contribution in [0.4, 0.5) is 14.6 Å². The van der Waals surface area contributed by atoms with Crippen molar-refractivity contribution in [3.05, 3.63) is 77.9 Å². The fourth-order valence-corrected chi connectivity index (χ4v) is 3.07. The van der Waals surface area contributed by atoms with Crippen LogP contribution in [0.1, 0.15) is 11.5 Å². The Hall–Kier alpha value is -3.88. The number of hydrogen-bond donors (Lipinski definition) is 1. The van der Waals surface area contributed by atoms with Crippen LogP contribution in [0.25, 0.3) is 17.0 Å². The molecule has 0 bridgehead atoms. The minimum Gasteiger partial charge on any atom is -0.468 e. The second kappa shape index (κ2) is 8.24. The van der Waals surface area contributed by atoms with Gasteiger partial charge >= 0.3 is 5.97 Å². The number of esters is 1. The molecular formula is C21H17F2N5O2. The molecule has 0 saturated carbocycles. The number of halogens is 2. The molecule has 30 heavy (non-hydrogen) atoms. The molecule has 2 aromatic heterocycles. The molecular weight excluding hydrogens is 392 g/mol. The fraction of sp³-hybridized carbons (Fsp3) is 0.143. The van der Waals surface area contributed by atoms with Gasteiger partial charge in [0, 0.05) is 6.54 Å². The Bertz CT molecular complexity index is 1190. The summed E-state index contributed by atoms with van der Waals surface area (Å²) in [6.45, 7) is 0.161. The van der Waals surface area contributed by atoms with E-state index in [1.807, 2.05) is 0 Å². The molecule has 0 radical (unpaired) electrons. The Balaban J connectivity index is 1.61. The smallest absolute Gasteiger partial charge is 0.314 e. The molecule has 0 fully saturated rings. The maximum absolute atomic E-state index is 14.2. The first-order valence-corrected chi connectivity index (χ1v) is 9.11. The molecule has 0 saturated heterocycles. The Morgan fingerprint density at radius 1 is 1.07 bits per heavy atom. The summed E-state index contributed by atoms with van der Waals surface area (Å²) in [7, 11) is 1.29. The second-order valence-electron chi connectivity index (χ2n) is 6.50. The fourth-order valence-electron chi connectivity index (χ4n) is 3.07. The lowest BCUT2D eigenvalue weighted by Crippen LogP contribution is -2.23. The van der Waals surface area contributed by atoms with E-state index in [4.69, 9.17) is 4.74 Å². The number of nitrogens with one attached hydrogen (secondary N) is 1. The molecule has 2 heterocycles. The molecule has 1 N–H and O–H groups in total. The van der Waals surface area contributed by atoms with Gasteiger partial charge in [-0.05, 0) is 42.0 Å². The molecule has 0 aliphatic rings. The summed E-state index contributed by atoms with van der Waals surface area (Å²) in [6.07, 6.45) is 0. The van der Waals surface area contributed by atoms with E-state index in [1.54, 1.807) is 30.3 Å². The van der Waals surface area contributed by atoms with Crippen molar-refractivity contribution < 1.29 is 18.3 Å². The van der Waals surface area contributed by atoms with Gasteiger partial charge in [-0.25, -0.2) is 8.78 Å². The molecule has 0 spiro atoms. The summed E-state index contributed by atoms with van der Waals surface area (Å²) >= 11 is 0. The van der Waals surface area contributed by atoms with Crippen molar-refractivity contribution in [3.63, 3.8) is 0 Å². The number of carbonyl (C=O) groups excluding carboxylic acids is 1. The summed E-state index contributed by atoms with van der Waals surface area (Å²) in [5.41, 5.74) is 1.32. The number of nitrogens with zero attached hydrogens (tertiary/aromatic N) is 4. The van der Waals surface area contributed by atoms with Crippen LogP contribution < -0.4 is 5.32 Å². The van der Waals surface area contributed by atoms with Crippen molar-refractivity contribution in [2.45, 2.75) is 5.92 Å². The Morgan fingerprint density at radius 3 is 2.57 bits per heavy atom. The number of benzene rings is 2. The van der Waals surface area contributed by atoms with Crippen LogP contribution in [0, 0.1) is 11.6 Å². The minimum absolute atomic E-state index is 0.161. The van der Waals surface area contributed by atoms with Crippen molar-refractivity contribution in [2.24, 2.45) is 0 Å². The lowest BCUT2D eigenvalue weighted by atomic mass is 9.99. The average molecular weight is 409 g/mol. The highest BCUT2D eigenvalue weighted by Crippen LogP contribution is 2.22. The van der Waals surface area contributed by atoms with Gasteiger partial charge in [0.1, 0.15) is 17.5 Å². The number of rotatable bonds is 6. The third-order valence-electron chi connectivity index (χ3n) is 4.62. The van der Waals surface area contributed by atoms with E-state index < -0.39 is 23.5 Å². The largest absolute Gasteiger partial charge is 0.468 e. The van der Waals surface area contributed by atoms with Crippen molar-refractivity contribution >= 4 is 17.4 Å². The average Bonchev–Trinajstić information content (AvgIpc) is 3.18. The second-order valence-corrected chi connectivity index (χ2v) is 6.50. The van der Waals surface area contributed by atoms with Crippen molar-refractivity contribution in [1.29, 1.82) is 0 Å². The first kappa shape index (κ1) is 19.4. The van der Waals surface area contributed by atoms with E-state index in [1.165, 1.54) is 42.0 Å². The maximum Gasteiger partial charge on any atom is 0.314 e. The monoisotopic (exact) mass is 409 g/mol. The SMILES string of the molecule is COC(=O)C(CNc1ccc2nnc(-c3ccccc3F)n2n1)c1ccc(F)cc1. The summed E-state index contributed by atoms with van der Waals surface area (Å²) < 4.78 is 33.7. The normalized spacial score (nSPS) is 12.0. The molecule has 1 atom stereocenters. The Morgan fingerprint density at radius 2 is 1.83 bits per heavy atom. The summed E-state index contributed by atoms with van der Waals surface area (Å²) in [4.78, 5) is 12.2. The van der Waals surface area contributed by atoms with Crippen molar-refractivity contribution in [1.82, 2.24) is 19.8 Å². The lowest BCUT2D eigenvalue weighted by Gasteiger charge is -2.16. The summed E-state index contributed by atoms with van der Waals surface area (Å²) in [5.74, 6) is -1.28. The summed E-state index contributed by atoms with van der Waals surface area (Å²) in [5, 5.41) is 15.5. The van der Waals surface area contributed by atoms with Gasteiger partial charge in [-0.15, -0.1) is 15.3 Å². The number of aromatic nitrogens is 4. The van der Waals surface area contributed by atoms with Gasteiger partial charge in [-0.1, -0.05) is 24.3 Å². The topological polar surface area (TPSA) is 81.4 Å². The van der Waals surface area contributed by atoms with Crippen LogP contribution in [0.2, 0.25) is 0 Å². The Labute approximate surface area is 170 Å². The van der Waals surface area contributed by atoms with Crippen LogP contribution in [-0.2, 0) is 9.53 Å². The molecule has 0 amide bonds. The number of fused-ring (bicyclic) bond motifs is 1. The van der Waals surface area contributed by atoms with E-state index in [-0.39, 0.29) is 17.9 Å². The molecule has 0 aliphatic carbocycles. The number of ether oxygens (including phenoxy) is 1. The van der Waals surface area contributed by atoms with Gasteiger partial charge < -0.3 is 10.1 Å². The van der Waals surface area contributed by atoms with E-state index >= 15 is 0 Å². The molecule has 2 aromatic carbocycles. The maximum atomic E-state index is 14.2. The highest BCUT2D eigenvalue weighted by Gasteiger charge is 2.22. The van der Waals surface area contributed by atoms with Crippen LogP contribution in [0.5, 0.6) is 0 Å². The van der Waals surface area contributed by atoms with E-state index in [2.05, 4.69) is 20.6 Å². The molecule has 4 aromatic rings. The molecule has 9 heteroatoms. The van der Waals surface area contributed by atoms with Crippen LogP contribution in [-0.4, -0.2) is 39.4 Å². The quantitative estimate of drug-likeness (QED) is 0.492. The number of anilines is 1. The first-order valence-electron chi connectivity index (χ1n) is 9.11. The van der Waals surface area contributed by atoms with Crippen LogP contribution in [0.3, 0.4) is 0 Å². The molecule has 1 unspecified atom stereocenters. The predicted octanol–water partition coefficient (Wildman–Crippen LogP) is 3.44. The Kier molecular flexibility index (Phi) is 5.34. The van der Waals surface area contributed by atoms with Gasteiger partial charge in [0.05, 0.1) is 18.6 Å². The molecule has 4 rings (SSSR count).